The van der Waals surface area contributed by atoms with Crippen molar-refractivity contribution in [2.24, 2.45) is 5.73 Å². The van der Waals surface area contributed by atoms with Gasteiger partial charge in [0.2, 0.25) is 5.91 Å². The molecule has 2 atom stereocenters. The van der Waals surface area contributed by atoms with Crippen molar-refractivity contribution in [1.29, 1.82) is 0 Å². The number of carbonyl (C=O) groups excluding carboxylic acids is 1. The molecule has 1 aromatic rings. The number of nitrogens with one attached hydrogen (secondary N) is 1. The van der Waals surface area contributed by atoms with Gasteiger partial charge >= 0.3 is 0 Å². The van der Waals surface area contributed by atoms with Crippen LogP contribution < -0.4 is 11.1 Å². The van der Waals surface area contributed by atoms with E-state index in [9.17, 15) is 4.79 Å². The summed E-state index contributed by atoms with van der Waals surface area (Å²) in [6.45, 7) is 4.11. The SMILES string of the molecule is CCCC(C)NC(=O)C(N)Cc1ccccc1. The molecule has 0 bridgehead atoms. The van der Waals surface area contributed by atoms with Crippen LogP contribution in [0.1, 0.15) is 32.3 Å². The molecule has 0 aliphatic carbocycles. The number of hydrogen-bond acceptors (Lipinski definition) is 2. The summed E-state index contributed by atoms with van der Waals surface area (Å²) < 4.78 is 0. The summed E-state index contributed by atoms with van der Waals surface area (Å²) in [7, 11) is 0. The summed E-state index contributed by atoms with van der Waals surface area (Å²) in [6, 6.07) is 9.59. The van der Waals surface area contributed by atoms with E-state index in [0.29, 0.717) is 6.42 Å². The predicted molar refractivity (Wildman–Crippen MR) is 70.6 cm³/mol. The standard InChI is InChI=1S/C14H22N2O/c1-3-7-11(2)16-14(17)13(15)10-12-8-5-4-6-9-12/h4-6,8-9,11,13H,3,7,10,15H2,1-2H3,(H,16,17). The van der Waals surface area contributed by atoms with Crippen molar-refractivity contribution >= 4 is 5.91 Å². The fourth-order valence-corrected chi connectivity index (χ4v) is 1.82. The van der Waals surface area contributed by atoms with E-state index < -0.39 is 6.04 Å². The summed E-state index contributed by atoms with van der Waals surface area (Å²) in [4.78, 5) is 11.8. The van der Waals surface area contributed by atoms with Crippen LogP contribution in [0.15, 0.2) is 30.3 Å². The fraction of sp³-hybridized carbons (Fsp3) is 0.500. The first kappa shape index (κ1) is 13.7. The minimum atomic E-state index is -0.461. The Labute approximate surface area is 103 Å². The van der Waals surface area contributed by atoms with Crippen molar-refractivity contribution in [1.82, 2.24) is 5.32 Å². The lowest BCUT2D eigenvalue weighted by molar-refractivity contribution is -0.123. The Kier molecular flexibility index (Phi) is 5.70. The first-order valence-electron chi connectivity index (χ1n) is 6.23. The predicted octanol–water partition coefficient (Wildman–Crippen LogP) is 1.86. The minimum Gasteiger partial charge on any atom is -0.352 e. The first-order valence-corrected chi connectivity index (χ1v) is 6.23. The molecule has 3 N–H and O–H groups in total. The van der Waals surface area contributed by atoms with Gasteiger partial charge in [-0.25, -0.2) is 0 Å². The van der Waals surface area contributed by atoms with Crippen molar-refractivity contribution < 1.29 is 4.79 Å². The molecule has 3 nitrogen and oxygen atoms in total. The molecule has 1 rings (SSSR count). The van der Waals surface area contributed by atoms with Gasteiger partial charge in [0.05, 0.1) is 6.04 Å². The van der Waals surface area contributed by atoms with Gasteiger partial charge < -0.3 is 11.1 Å². The highest BCUT2D eigenvalue weighted by molar-refractivity contribution is 5.82. The monoisotopic (exact) mass is 234 g/mol. The van der Waals surface area contributed by atoms with E-state index in [-0.39, 0.29) is 11.9 Å². The quantitative estimate of drug-likeness (QED) is 0.789. The number of hydrogen-bond donors (Lipinski definition) is 2. The maximum Gasteiger partial charge on any atom is 0.237 e. The summed E-state index contributed by atoms with van der Waals surface area (Å²) in [6.07, 6.45) is 2.64. The van der Waals surface area contributed by atoms with Gasteiger partial charge in [-0.15, -0.1) is 0 Å². The third-order valence-electron chi connectivity index (χ3n) is 2.75. The fourth-order valence-electron chi connectivity index (χ4n) is 1.82. The van der Waals surface area contributed by atoms with Crippen LogP contribution in [0.5, 0.6) is 0 Å². The minimum absolute atomic E-state index is 0.0604. The second kappa shape index (κ2) is 7.07. The molecular formula is C14H22N2O. The van der Waals surface area contributed by atoms with Gasteiger partial charge in [0.1, 0.15) is 0 Å². The van der Waals surface area contributed by atoms with Crippen molar-refractivity contribution in [3.63, 3.8) is 0 Å². The van der Waals surface area contributed by atoms with Crippen LogP contribution in [0.4, 0.5) is 0 Å². The van der Waals surface area contributed by atoms with Gasteiger partial charge in [-0.05, 0) is 25.3 Å². The molecule has 1 amide bonds. The van der Waals surface area contributed by atoms with E-state index >= 15 is 0 Å². The molecule has 3 heteroatoms. The Morgan fingerprint density at radius 3 is 2.59 bits per heavy atom. The molecule has 2 unspecified atom stereocenters. The van der Waals surface area contributed by atoms with Crippen molar-refractivity contribution in [3.8, 4) is 0 Å². The zero-order valence-electron chi connectivity index (χ0n) is 10.6. The van der Waals surface area contributed by atoms with Gasteiger partial charge in [-0.2, -0.15) is 0 Å². The van der Waals surface area contributed by atoms with Crippen LogP contribution >= 0.6 is 0 Å². The van der Waals surface area contributed by atoms with E-state index in [0.717, 1.165) is 18.4 Å². The van der Waals surface area contributed by atoms with E-state index in [1.807, 2.05) is 37.3 Å². The molecule has 0 radical (unpaired) electrons. The normalized spacial score (nSPS) is 14.1. The van der Waals surface area contributed by atoms with Crippen molar-refractivity contribution in [3.05, 3.63) is 35.9 Å². The molecule has 94 valence electrons. The summed E-state index contributed by atoms with van der Waals surface area (Å²) in [5.41, 5.74) is 6.98. The maximum absolute atomic E-state index is 11.8. The Morgan fingerprint density at radius 2 is 2.00 bits per heavy atom. The van der Waals surface area contributed by atoms with Crippen molar-refractivity contribution in [2.75, 3.05) is 0 Å². The lowest BCUT2D eigenvalue weighted by Crippen LogP contribution is -2.45. The van der Waals surface area contributed by atoms with E-state index in [2.05, 4.69) is 12.2 Å². The van der Waals surface area contributed by atoms with Gasteiger partial charge in [0, 0.05) is 6.04 Å². The highest BCUT2D eigenvalue weighted by Crippen LogP contribution is 2.02. The average molecular weight is 234 g/mol. The van der Waals surface area contributed by atoms with E-state index in [1.165, 1.54) is 0 Å². The molecule has 0 spiro atoms. The number of benzene rings is 1. The van der Waals surface area contributed by atoms with E-state index in [4.69, 9.17) is 5.73 Å². The third kappa shape index (κ3) is 5.00. The summed E-state index contributed by atoms with van der Waals surface area (Å²) in [5, 5.41) is 2.94. The first-order chi connectivity index (χ1) is 8.13. The molecule has 0 aliphatic rings. The van der Waals surface area contributed by atoms with Crippen LogP contribution in [0.2, 0.25) is 0 Å². The van der Waals surface area contributed by atoms with Gasteiger partial charge in [0.15, 0.2) is 0 Å². The summed E-state index contributed by atoms with van der Waals surface area (Å²) >= 11 is 0. The number of rotatable bonds is 6. The van der Waals surface area contributed by atoms with Crippen LogP contribution in [0, 0.1) is 0 Å². The van der Waals surface area contributed by atoms with Crippen LogP contribution in [-0.2, 0) is 11.2 Å². The smallest absolute Gasteiger partial charge is 0.237 e. The third-order valence-corrected chi connectivity index (χ3v) is 2.75. The largest absolute Gasteiger partial charge is 0.352 e. The zero-order valence-corrected chi connectivity index (χ0v) is 10.6. The Balaban J connectivity index is 2.42. The maximum atomic E-state index is 11.8. The zero-order chi connectivity index (χ0) is 12.7. The number of amides is 1. The van der Waals surface area contributed by atoms with Crippen LogP contribution in [0.3, 0.4) is 0 Å². The van der Waals surface area contributed by atoms with Gasteiger partial charge in [-0.1, -0.05) is 43.7 Å². The number of nitrogens with two attached hydrogens (primary N) is 1. The highest BCUT2D eigenvalue weighted by atomic mass is 16.2. The lowest BCUT2D eigenvalue weighted by Gasteiger charge is -2.17. The molecule has 1 aromatic carbocycles. The van der Waals surface area contributed by atoms with Gasteiger partial charge in [0.25, 0.3) is 0 Å². The van der Waals surface area contributed by atoms with Crippen LogP contribution in [0.25, 0.3) is 0 Å². The second-order valence-electron chi connectivity index (χ2n) is 4.49. The van der Waals surface area contributed by atoms with Gasteiger partial charge in [-0.3, -0.25) is 4.79 Å². The van der Waals surface area contributed by atoms with E-state index in [1.54, 1.807) is 0 Å². The topological polar surface area (TPSA) is 55.1 Å². The molecule has 0 heterocycles. The van der Waals surface area contributed by atoms with Crippen molar-refractivity contribution in [2.45, 2.75) is 45.2 Å². The molecule has 0 saturated carbocycles. The highest BCUT2D eigenvalue weighted by Gasteiger charge is 2.15. The Hall–Kier alpha value is -1.35. The number of carbonyl (C=O) groups is 1. The summed E-state index contributed by atoms with van der Waals surface area (Å²) in [5.74, 6) is -0.0604. The Bertz CT molecular complexity index is 337. The van der Waals surface area contributed by atoms with Crippen LogP contribution in [-0.4, -0.2) is 18.0 Å². The molecule has 0 aliphatic heterocycles. The second-order valence-corrected chi connectivity index (χ2v) is 4.49. The molecule has 0 fully saturated rings. The Morgan fingerprint density at radius 1 is 1.35 bits per heavy atom. The average Bonchev–Trinajstić information content (AvgIpc) is 2.30. The molecule has 17 heavy (non-hydrogen) atoms. The lowest BCUT2D eigenvalue weighted by atomic mass is 10.1. The molecule has 0 aromatic heterocycles. The molecule has 0 saturated heterocycles. The molecular weight excluding hydrogens is 212 g/mol.